The van der Waals surface area contributed by atoms with Gasteiger partial charge in [-0.2, -0.15) is 0 Å². The summed E-state index contributed by atoms with van der Waals surface area (Å²) >= 11 is 1.03. The maximum absolute atomic E-state index is 13.7. The van der Waals surface area contributed by atoms with Crippen molar-refractivity contribution in [2.45, 2.75) is 0 Å². The van der Waals surface area contributed by atoms with E-state index < -0.39 is 17.3 Å². The number of aromatic nitrogens is 2. The number of rotatable bonds is 2. The second kappa shape index (κ2) is 6.38. The molecule has 0 unspecified atom stereocenters. The largest absolute Gasteiger partial charge is 0.334 e. The number of aryl methyl sites for hydroxylation is 1. The van der Waals surface area contributed by atoms with E-state index in [1.54, 1.807) is 12.4 Å². The van der Waals surface area contributed by atoms with E-state index in [9.17, 15) is 13.6 Å². The molecular weight excluding hydrogens is 358 g/mol. The number of imidazole rings is 1. The number of nitrogens with one attached hydrogen (secondary N) is 1. The first kappa shape index (κ1) is 16.5. The van der Waals surface area contributed by atoms with Crippen molar-refractivity contribution < 1.29 is 13.6 Å². The number of fused-ring (bicyclic) bond motifs is 1. The van der Waals surface area contributed by atoms with E-state index in [-0.39, 0.29) is 11.1 Å². The molecule has 1 fully saturated rings. The average Bonchev–Trinajstić information content (AvgIpc) is 3.14. The molecule has 3 aromatic rings. The monoisotopic (exact) mass is 370 g/mol. The molecule has 1 saturated heterocycles. The summed E-state index contributed by atoms with van der Waals surface area (Å²) < 4.78 is 29.3. The fraction of sp³-hybridized carbons (Fsp3) is 0.0556. The maximum atomic E-state index is 13.7. The average molecular weight is 370 g/mol. The molecule has 5 nitrogen and oxygen atoms in total. The lowest BCUT2D eigenvalue weighted by Gasteiger charge is -1.99. The summed E-state index contributed by atoms with van der Waals surface area (Å²) in [5, 5.41) is 2.66. The molecule has 1 aromatic heterocycles. The summed E-state index contributed by atoms with van der Waals surface area (Å²) in [4.78, 5) is 20.7. The third kappa shape index (κ3) is 2.99. The van der Waals surface area contributed by atoms with Gasteiger partial charge in [-0.3, -0.25) is 4.79 Å². The molecule has 0 spiro atoms. The second-order valence-electron chi connectivity index (χ2n) is 5.66. The molecule has 26 heavy (non-hydrogen) atoms. The lowest BCUT2D eigenvalue weighted by Crippen LogP contribution is -2.19. The molecule has 0 atom stereocenters. The van der Waals surface area contributed by atoms with Crippen LogP contribution in [0.25, 0.3) is 17.1 Å². The minimum atomic E-state index is -0.786. The highest BCUT2D eigenvalue weighted by Crippen LogP contribution is 2.30. The van der Waals surface area contributed by atoms with Crippen molar-refractivity contribution in [3.05, 3.63) is 64.8 Å². The first-order chi connectivity index (χ1) is 12.5. The lowest BCUT2D eigenvalue weighted by atomic mass is 10.2. The van der Waals surface area contributed by atoms with Crippen molar-refractivity contribution in [2.24, 2.45) is 12.0 Å². The first-order valence-electron chi connectivity index (χ1n) is 7.66. The zero-order chi connectivity index (χ0) is 18.3. The lowest BCUT2D eigenvalue weighted by molar-refractivity contribution is -0.115. The number of halogens is 2. The highest BCUT2D eigenvalue weighted by atomic mass is 32.2. The van der Waals surface area contributed by atoms with Crippen molar-refractivity contribution in [3.63, 3.8) is 0 Å². The molecule has 4 rings (SSSR count). The van der Waals surface area contributed by atoms with Crippen LogP contribution in [0.1, 0.15) is 5.56 Å². The van der Waals surface area contributed by atoms with Crippen molar-refractivity contribution in [2.75, 3.05) is 0 Å². The molecule has 1 amide bonds. The third-order valence-corrected chi connectivity index (χ3v) is 4.76. The molecule has 1 aliphatic heterocycles. The summed E-state index contributed by atoms with van der Waals surface area (Å²) in [5.74, 6) is -1.94. The van der Waals surface area contributed by atoms with Crippen molar-refractivity contribution in [3.8, 4) is 0 Å². The van der Waals surface area contributed by atoms with Gasteiger partial charge in [0.25, 0.3) is 5.91 Å². The highest BCUT2D eigenvalue weighted by Gasteiger charge is 2.24. The smallest absolute Gasteiger partial charge is 0.264 e. The first-order valence-corrected chi connectivity index (χ1v) is 8.47. The Labute approximate surface area is 151 Å². The molecule has 2 heterocycles. The summed E-state index contributed by atoms with van der Waals surface area (Å²) in [7, 11) is 1.89. The molecule has 0 aliphatic carbocycles. The van der Waals surface area contributed by atoms with E-state index in [0.717, 1.165) is 40.5 Å². The number of aliphatic imine (C=N–C) groups is 1. The standard InChI is InChI=1S/C18H12F2N4OS/c1-24-9-21-13-6-5-10(7-14(13)24)8-15-17(25)23-18(26-15)22-16-11(19)3-2-4-12(16)20/h2-9H,1H3,(H,22,23,25)/b15-8+. The SMILES string of the molecule is Cn1cnc2ccc(/C=C3/SC(=Nc4c(F)cccc4F)NC3=O)cc21. The van der Waals surface area contributed by atoms with Crippen LogP contribution in [0, 0.1) is 11.6 Å². The summed E-state index contributed by atoms with van der Waals surface area (Å²) in [6.07, 6.45) is 3.42. The Morgan fingerprint density at radius 1 is 1.23 bits per heavy atom. The number of carbonyl (C=O) groups excluding carboxylic acids is 1. The highest BCUT2D eigenvalue weighted by molar-refractivity contribution is 8.18. The Balaban J connectivity index is 1.66. The predicted octanol–water partition coefficient (Wildman–Crippen LogP) is 3.74. The topological polar surface area (TPSA) is 59.3 Å². The third-order valence-electron chi connectivity index (χ3n) is 3.85. The van der Waals surface area contributed by atoms with Gasteiger partial charge in [0, 0.05) is 7.05 Å². The van der Waals surface area contributed by atoms with Crippen molar-refractivity contribution in [1.82, 2.24) is 14.9 Å². The fourth-order valence-corrected chi connectivity index (χ4v) is 3.39. The summed E-state index contributed by atoms with van der Waals surface area (Å²) in [6, 6.07) is 9.11. The minimum Gasteiger partial charge on any atom is -0.334 e. The number of hydrogen-bond acceptors (Lipinski definition) is 4. The molecule has 130 valence electrons. The van der Waals surface area contributed by atoms with Crippen LogP contribution in [-0.2, 0) is 11.8 Å². The van der Waals surface area contributed by atoms with Crippen LogP contribution in [0.3, 0.4) is 0 Å². The van der Waals surface area contributed by atoms with Crippen LogP contribution < -0.4 is 5.32 Å². The number of carbonyl (C=O) groups is 1. The number of para-hydroxylation sites is 1. The van der Waals surface area contributed by atoms with Crippen molar-refractivity contribution in [1.29, 1.82) is 0 Å². The number of hydrogen-bond donors (Lipinski definition) is 1. The Hall–Kier alpha value is -3.00. The minimum absolute atomic E-state index is 0.131. The van der Waals surface area contributed by atoms with E-state index in [1.807, 2.05) is 29.8 Å². The van der Waals surface area contributed by atoms with E-state index in [0.29, 0.717) is 4.91 Å². The fourth-order valence-electron chi connectivity index (χ4n) is 2.56. The molecule has 0 saturated carbocycles. The number of nitrogens with zero attached hydrogens (tertiary/aromatic N) is 3. The van der Waals surface area contributed by atoms with Gasteiger partial charge in [-0.15, -0.1) is 0 Å². The van der Waals surface area contributed by atoms with Crippen LogP contribution in [-0.4, -0.2) is 20.6 Å². The van der Waals surface area contributed by atoms with Crippen LogP contribution in [0.4, 0.5) is 14.5 Å². The Morgan fingerprint density at radius 2 is 2.00 bits per heavy atom. The zero-order valence-corrected chi connectivity index (χ0v) is 14.3. The summed E-state index contributed by atoms with van der Waals surface area (Å²) in [6.45, 7) is 0. The second-order valence-corrected chi connectivity index (χ2v) is 6.69. The molecule has 1 N–H and O–H groups in total. The number of benzene rings is 2. The van der Waals surface area contributed by atoms with Gasteiger partial charge in [0.1, 0.15) is 5.69 Å². The zero-order valence-electron chi connectivity index (χ0n) is 13.5. The number of amidine groups is 1. The van der Waals surface area contributed by atoms with Gasteiger partial charge in [-0.25, -0.2) is 18.8 Å². The van der Waals surface area contributed by atoms with Crippen LogP contribution >= 0.6 is 11.8 Å². The molecule has 2 aromatic carbocycles. The van der Waals surface area contributed by atoms with Gasteiger partial charge < -0.3 is 9.88 Å². The molecule has 0 radical (unpaired) electrons. The quantitative estimate of drug-likeness (QED) is 0.699. The van der Waals surface area contributed by atoms with Crippen LogP contribution in [0.5, 0.6) is 0 Å². The van der Waals surface area contributed by atoms with E-state index in [2.05, 4.69) is 15.3 Å². The van der Waals surface area contributed by atoms with Gasteiger partial charge in [-0.1, -0.05) is 12.1 Å². The van der Waals surface area contributed by atoms with Gasteiger partial charge >= 0.3 is 0 Å². The van der Waals surface area contributed by atoms with Gasteiger partial charge in [0.2, 0.25) is 0 Å². The Kier molecular flexibility index (Phi) is 4.04. The normalized spacial score (nSPS) is 17.4. The van der Waals surface area contributed by atoms with Crippen molar-refractivity contribution >= 4 is 45.6 Å². The number of thioether (sulfide) groups is 1. The molecule has 1 aliphatic rings. The maximum Gasteiger partial charge on any atom is 0.264 e. The molecular formula is C18H12F2N4OS. The van der Waals surface area contributed by atoms with E-state index >= 15 is 0 Å². The van der Waals surface area contributed by atoms with E-state index in [4.69, 9.17) is 0 Å². The predicted molar refractivity (Wildman–Crippen MR) is 97.9 cm³/mol. The molecule has 8 heteroatoms. The summed E-state index contributed by atoms with van der Waals surface area (Å²) in [5.41, 5.74) is 2.19. The Morgan fingerprint density at radius 3 is 2.77 bits per heavy atom. The van der Waals surface area contributed by atoms with Gasteiger partial charge in [0.15, 0.2) is 16.8 Å². The van der Waals surface area contributed by atoms with E-state index in [1.165, 1.54) is 6.07 Å². The Bertz CT molecular complexity index is 1080. The van der Waals surface area contributed by atoms with Crippen LogP contribution in [0.15, 0.2) is 52.6 Å². The van der Waals surface area contributed by atoms with Gasteiger partial charge in [0.05, 0.1) is 22.3 Å². The van der Waals surface area contributed by atoms with Crippen LogP contribution in [0.2, 0.25) is 0 Å². The van der Waals surface area contributed by atoms with Gasteiger partial charge in [-0.05, 0) is 47.7 Å². The molecule has 0 bridgehead atoms. The number of amides is 1.